The van der Waals surface area contributed by atoms with E-state index in [1.807, 2.05) is 0 Å². The van der Waals surface area contributed by atoms with Gasteiger partial charge in [-0.15, -0.1) is 0 Å². The van der Waals surface area contributed by atoms with Crippen LogP contribution in [0.3, 0.4) is 0 Å². The fraction of sp³-hybridized carbons (Fsp3) is 0.250. The molecule has 140 valence electrons. The lowest BCUT2D eigenvalue weighted by Crippen LogP contribution is -2.21. The number of carbonyl (C=O) groups is 2. The van der Waals surface area contributed by atoms with Crippen molar-refractivity contribution in [1.29, 1.82) is 0 Å². The Kier molecular flexibility index (Phi) is 5.68. The Morgan fingerprint density at radius 2 is 1.85 bits per heavy atom. The Hall–Kier alpha value is -2.85. The van der Waals surface area contributed by atoms with E-state index in [9.17, 15) is 18.0 Å². The number of nitrogens with zero attached hydrogens (tertiary/aromatic N) is 2. The molecule has 0 aliphatic rings. The molecule has 2 N–H and O–H groups in total. The van der Waals surface area contributed by atoms with Crippen molar-refractivity contribution in [2.75, 3.05) is 26.0 Å². The first-order valence-electron chi connectivity index (χ1n) is 7.46. The highest BCUT2D eigenvalue weighted by atomic mass is 32.2. The van der Waals surface area contributed by atoms with Crippen molar-refractivity contribution in [3.63, 3.8) is 0 Å². The van der Waals surface area contributed by atoms with Gasteiger partial charge in [-0.1, -0.05) is 0 Å². The largest absolute Gasteiger partial charge is 0.482 e. The van der Waals surface area contributed by atoms with E-state index >= 15 is 0 Å². The summed E-state index contributed by atoms with van der Waals surface area (Å²) in [5.41, 5.74) is 0.632. The molecule has 0 aliphatic carbocycles. The van der Waals surface area contributed by atoms with Crippen LogP contribution < -0.4 is 10.1 Å². The van der Waals surface area contributed by atoms with Crippen LogP contribution in [0.5, 0.6) is 5.75 Å². The number of carbonyl (C=O) groups excluding carboxylic acids is 1. The second-order valence-electron chi connectivity index (χ2n) is 5.62. The van der Waals surface area contributed by atoms with Gasteiger partial charge in [-0.2, -0.15) is 0 Å². The number of rotatable bonds is 7. The van der Waals surface area contributed by atoms with Crippen LogP contribution in [0.1, 0.15) is 10.5 Å². The number of sulfonamides is 1. The van der Waals surface area contributed by atoms with Crippen molar-refractivity contribution in [2.24, 2.45) is 7.05 Å². The Morgan fingerprint density at radius 3 is 2.38 bits per heavy atom. The zero-order valence-corrected chi connectivity index (χ0v) is 15.3. The average molecular weight is 381 g/mol. The molecule has 26 heavy (non-hydrogen) atoms. The zero-order valence-electron chi connectivity index (χ0n) is 14.5. The summed E-state index contributed by atoms with van der Waals surface area (Å²) < 4.78 is 31.8. The van der Waals surface area contributed by atoms with E-state index in [0.717, 1.165) is 4.31 Å². The standard InChI is InChI=1S/C16H19N3O6S/c1-18(2)26(23,24)13-8-14(19(3)9-13)16(22)17-11-4-6-12(7-5-11)25-10-15(20)21/h4-9H,10H2,1-3H3,(H,17,22)(H,20,21). The van der Waals surface area contributed by atoms with Gasteiger partial charge in [-0.25, -0.2) is 17.5 Å². The van der Waals surface area contributed by atoms with E-state index in [1.165, 1.54) is 43.1 Å². The highest BCUT2D eigenvalue weighted by molar-refractivity contribution is 7.89. The average Bonchev–Trinajstić information content (AvgIpc) is 2.96. The summed E-state index contributed by atoms with van der Waals surface area (Å²) in [6.45, 7) is -0.460. The van der Waals surface area contributed by atoms with Gasteiger partial charge < -0.3 is 19.7 Å². The summed E-state index contributed by atoms with van der Waals surface area (Å²) >= 11 is 0. The van der Waals surface area contributed by atoms with Crippen LogP contribution in [0.4, 0.5) is 5.69 Å². The molecule has 0 radical (unpaired) electrons. The SMILES string of the molecule is CN(C)S(=O)(=O)c1cc(C(=O)Nc2ccc(OCC(=O)O)cc2)n(C)c1. The minimum Gasteiger partial charge on any atom is -0.482 e. The maximum atomic E-state index is 12.4. The highest BCUT2D eigenvalue weighted by Crippen LogP contribution is 2.19. The number of aryl methyl sites for hydroxylation is 1. The van der Waals surface area contributed by atoms with Crippen LogP contribution in [0.15, 0.2) is 41.4 Å². The minimum atomic E-state index is -3.64. The van der Waals surface area contributed by atoms with Crippen molar-refractivity contribution < 1.29 is 27.9 Å². The molecule has 0 spiro atoms. The predicted molar refractivity (Wildman–Crippen MR) is 93.8 cm³/mol. The third-order valence-electron chi connectivity index (χ3n) is 3.47. The first kappa shape index (κ1) is 19.5. The number of carboxylic acids is 1. The Labute approximate surface area is 150 Å². The molecule has 10 heteroatoms. The maximum Gasteiger partial charge on any atom is 0.341 e. The third kappa shape index (κ3) is 4.41. The van der Waals surface area contributed by atoms with Crippen LogP contribution in [0.25, 0.3) is 0 Å². The third-order valence-corrected chi connectivity index (χ3v) is 5.25. The molecular weight excluding hydrogens is 362 g/mol. The van der Waals surface area contributed by atoms with Gasteiger partial charge in [0.05, 0.1) is 0 Å². The lowest BCUT2D eigenvalue weighted by Gasteiger charge is -2.08. The summed E-state index contributed by atoms with van der Waals surface area (Å²) in [6, 6.07) is 7.44. The van der Waals surface area contributed by atoms with E-state index < -0.39 is 28.5 Å². The molecule has 0 bridgehead atoms. The van der Waals surface area contributed by atoms with Crippen LogP contribution in [0.2, 0.25) is 0 Å². The minimum absolute atomic E-state index is 0.0209. The number of ether oxygens (including phenoxy) is 1. The van der Waals surface area contributed by atoms with Gasteiger partial charge in [0.2, 0.25) is 10.0 Å². The molecule has 1 aromatic heterocycles. The van der Waals surface area contributed by atoms with E-state index in [4.69, 9.17) is 9.84 Å². The second-order valence-corrected chi connectivity index (χ2v) is 7.77. The molecule has 0 fully saturated rings. The molecule has 0 unspecified atom stereocenters. The molecule has 1 amide bonds. The number of nitrogens with one attached hydrogen (secondary N) is 1. The molecule has 1 heterocycles. The first-order chi connectivity index (χ1) is 12.1. The molecule has 0 saturated carbocycles. The second kappa shape index (κ2) is 7.58. The van der Waals surface area contributed by atoms with E-state index in [-0.39, 0.29) is 10.6 Å². The number of aromatic nitrogens is 1. The van der Waals surface area contributed by atoms with Gasteiger partial charge in [0.1, 0.15) is 16.3 Å². The van der Waals surface area contributed by atoms with Crippen LogP contribution in [-0.2, 0) is 21.9 Å². The molecule has 0 atom stereocenters. The van der Waals surface area contributed by atoms with Crippen LogP contribution in [-0.4, -0.2) is 55.0 Å². The van der Waals surface area contributed by atoms with Gasteiger partial charge in [-0.05, 0) is 30.3 Å². The lowest BCUT2D eigenvalue weighted by atomic mass is 10.3. The molecule has 2 rings (SSSR count). The van der Waals surface area contributed by atoms with Crippen molar-refractivity contribution in [2.45, 2.75) is 4.90 Å². The fourth-order valence-electron chi connectivity index (χ4n) is 2.09. The molecular formula is C16H19N3O6S. The molecule has 1 aromatic carbocycles. The smallest absolute Gasteiger partial charge is 0.341 e. The predicted octanol–water partition coefficient (Wildman–Crippen LogP) is 0.991. The molecule has 0 saturated heterocycles. The number of anilines is 1. The molecule has 9 nitrogen and oxygen atoms in total. The van der Waals surface area contributed by atoms with Gasteiger partial charge in [0, 0.05) is 33.0 Å². The summed E-state index contributed by atoms with van der Waals surface area (Å²) in [5, 5.41) is 11.2. The topological polar surface area (TPSA) is 118 Å². The quantitative estimate of drug-likeness (QED) is 0.738. The first-order valence-corrected chi connectivity index (χ1v) is 8.90. The monoisotopic (exact) mass is 381 g/mol. The Bertz CT molecular complexity index is 916. The van der Waals surface area contributed by atoms with Crippen LogP contribution in [0, 0.1) is 0 Å². The maximum absolute atomic E-state index is 12.4. The van der Waals surface area contributed by atoms with Crippen molar-refractivity contribution in [3.05, 3.63) is 42.2 Å². The molecule has 0 aliphatic heterocycles. The number of carboxylic acid groups (broad SMARTS) is 1. The lowest BCUT2D eigenvalue weighted by molar-refractivity contribution is -0.139. The zero-order chi connectivity index (χ0) is 19.5. The number of amides is 1. The number of aliphatic carboxylic acids is 1. The highest BCUT2D eigenvalue weighted by Gasteiger charge is 2.22. The van der Waals surface area contributed by atoms with E-state index in [0.29, 0.717) is 11.4 Å². The van der Waals surface area contributed by atoms with Crippen molar-refractivity contribution in [1.82, 2.24) is 8.87 Å². The van der Waals surface area contributed by atoms with Gasteiger partial charge in [0.25, 0.3) is 5.91 Å². The van der Waals surface area contributed by atoms with E-state index in [1.54, 1.807) is 19.2 Å². The number of hydrogen-bond acceptors (Lipinski definition) is 5. The van der Waals surface area contributed by atoms with Gasteiger partial charge in [-0.3, -0.25) is 4.79 Å². The Morgan fingerprint density at radius 1 is 1.23 bits per heavy atom. The fourth-order valence-corrected chi connectivity index (χ4v) is 3.06. The van der Waals surface area contributed by atoms with Crippen molar-refractivity contribution in [3.8, 4) is 5.75 Å². The van der Waals surface area contributed by atoms with Gasteiger partial charge in [0.15, 0.2) is 6.61 Å². The van der Waals surface area contributed by atoms with E-state index in [2.05, 4.69) is 5.32 Å². The summed E-state index contributed by atoms with van der Waals surface area (Å²) in [7, 11) is 0.765. The summed E-state index contributed by atoms with van der Waals surface area (Å²) in [5.74, 6) is -1.22. The summed E-state index contributed by atoms with van der Waals surface area (Å²) in [6.07, 6.45) is 1.37. The number of hydrogen-bond donors (Lipinski definition) is 2. The molecule has 2 aromatic rings. The van der Waals surface area contributed by atoms with Crippen molar-refractivity contribution >= 4 is 27.6 Å². The summed E-state index contributed by atoms with van der Waals surface area (Å²) in [4.78, 5) is 22.9. The van der Waals surface area contributed by atoms with Gasteiger partial charge >= 0.3 is 5.97 Å². The Balaban J connectivity index is 2.13. The normalized spacial score (nSPS) is 11.4. The van der Waals surface area contributed by atoms with Crippen LogP contribution >= 0.6 is 0 Å². The number of benzene rings is 1.